The summed E-state index contributed by atoms with van der Waals surface area (Å²) in [6.07, 6.45) is 0.570. The summed E-state index contributed by atoms with van der Waals surface area (Å²) in [7, 11) is 0. The Kier molecular flexibility index (Phi) is 3.56. The molecule has 0 bridgehead atoms. The smallest absolute Gasteiger partial charge is 0.336 e. The van der Waals surface area contributed by atoms with Gasteiger partial charge < -0.3 is 20.1 Å². The predicted octanol–water partition coefficient (Wildman–Crippen LogP) is 2.00. The van der Waals surface area contributed by atoms with Gasteiger partial charge in [0.15, 0.2) is 0 Å². The van der Waals surface area contributed by atoms with Crippen molar-refractivity contribution in [3.63, 3.8) is 0 Å². The Morgan fingerprint density at radius 1 is 1.00 bits per heavy atom. The van der Waals surface area contributed by atoms with Gasteiger partial charge >= 0.3 is 5.97 Å². The van der Waals surface area contributed by atoms with Crippen LogP contribution in [0.5, 0.6) is 17.2 Å². The first-order valence-electron chi connectivity index (χ1n) is 6.76. The molecule has 0 unspecified atom stereocenters. The summed E-state index contributed by atoms with van der Waals surface area (Å²) in [5.74, 6) is -0.295. The lowest BCUT2D eigenvalue weighted by Gasteiger charge is -2.20. The SMILES string of the molecule is O=C1C=C(c2ccc(O)cc2)[C@H](O)Cc2ccc(O)cc2O1. The second-order valence-electron chi connectivity index (χ2n) is 5.08. The van der Waals surface area contributed by atoms with Gasteiger partial charge in [0, 0.05) is 18.6 Å². The summed E-state index contributed by atoms with van der Waals surface area (Å²) in [4.78, 5) is 12.0. The van der Waals surface area contributed by atoms with Crippen LogP contribution < -0.4 is 4.74 Å². The second kappa shape index (κ2) is 5.54. The zero-order valence-electron chi connectivity index (χ0n) is 11.6. The lowest BCUT2D eigenvalue weighted by atomic mass is 9.94. The topological polar surface area (TPSA) is 87.0 Å². The second-order valence-corrected chi connectivity index (χ2v) is 5.08. The third kappa shape index (κ3) is 2.80. The zero-order valence-corrected chi connectivity index (χ0v) is 11.6. The van der Waals surface area contributed by atoms with E-state index in [1.54, 1.807) is 18.2 Å². The quantitative estimate of drug-likeness (QED) is 0.554. The van der Waals surface area contributed by atoms with Gasteiger partial charge in [0.1, 0.15) is 17.2 Å². The third-order valence-corrected chi connectivity index (χ3v) is 3.51. The highest BCUT2D eigenvalue weighted by atomic mass is 16.5. The minimum absolute atomic E-state index is 0.00986. The molecule has 112 valence electrons. The van der Waals surface area contributed by atoms with Gasteiger partial charge in [0.25, 0.3) is 0 Å². The molecule has 1 aliphatic heterocycles. The highest BCUT2D eigenvalue weighted by molar-refractivity contribution is 5.94. The molecule has 5 nitrogen and oxygen atoms in total. The number of phenols is 2. The molecule has 22 heavy (non-hydrogen) atoms. The number of carbonyl (C=O) groups is 1. The van der Waals surface area contributed by atoms with Crippen molar-refractivity contribution < 1.29 is 24.9 Å². The highest BCUT2D eigenvalue weighted by Gasteiger charge is 2.22. The maximum Gasteiger partial charge on any atom is 0.336 e. The maximum atomic E-state index is 12.0. The minimum Gasteiger partial charge on any atom is -0.508 e. The van der Waals surface area contributed by atoms with E-state index in [0.717, 1.165) is 0 Å². The standard InChI is InChI=1S/C17H14O5/c18-12-4-1-10(2-5-12)14-9-17(21)22-16-8-13(19)6-3-11(16)7-15(14)20/h1-6,8-9,15,18-20H,7H2/t15-/m1/s1. The summed E-state index contributed by atoms with van der Waals surface area (Å²) in [5.41, 5.74) is 1.68. The summed E-state index contributed by atoms with van der Waals surface area (Å²) in [6.45, 7) is 0. The number of ether oxygens (including phenoxy) is 1. The van der Waals surface area contributed by atoms with Crippen LogP contribution in [0.15, 0.2) is 48.5 Å². The third-order valence-electron chi connectivity index (χ3n) is 3.51. The summed E-state index contributed by atoms with van der Waals surface area (Å²) in [5, 5.41) is 29.2. The van der Waals surface area contributed by atoms with E-state index < -0.39 is 12.1 Å². The lowest BCUT2D eigenvalue weighted by Crippen LogP contribution is -2.19. The van der Waals surface area contributed by atoms with Crippen molar-refractivity contribution >= 4 is 11.5 Å². The maximum absolute atomic E-state index is 12.0. The van der Waals surface area contributed by atoms with Crippen molar-refractivity contribution in [1.82, 2.24) is 0 Å². The largest absolute Gasteiger partial charge is 0.508 e. The molecule has 1 atom stereocenters. The molecule has 0 aromatic heterocycles. The van der Waals surface area contributed by atoms with Crippen molar-refractivity contribution in [2.45, 2.75) is 12.5 Å². The van der Waals surface area contributed by atoms with E-state index in [2.05, 4.69) is 0 Å². The summed E-state index contributed by atoms with van der Waals surface area (Å²) in [6, 6.07) is 10.6. The molecule has 0 amide bonds. The predicted molar refractivity (Wildman–Crippen MR) is 79.5 cm³/mol. The number of hydrogen-bond acceptors (Lipinski definition) is 5. The Hall–Kier alpha value is -2.79. The van der Waals surface area contributed by atoms with E-state index in [0.29, 0.717) is 16.7 Å². The Bertz CT molecular complexity index is 746. The molecular formula is C17H14O5. The molecule has 0 saturated carbocycles. The van der Waals surface area contributed by atoms with Crippen LogP contribution in [0.2, 0.25) is 0 Å². The van der Waals surface area contributed by atoms with E-state index in [1.165, 1.54) is 30.3 Å². The number of aliphatic hydroxyl groups excluding tert-OH is 1. The van der Waals surface area contributed by atoms with E-state index in [-0.39, 0.29) is 23.7 Å². The van der Waals surface area contributed by atoms with Gasteiger partial charge in [-0.05, 0) is 34.9 Å². The average molecular weight is 298 g/mol. The number of aliphatic hydroxyl groups is 1. The van der Waals surface area contributed by atoms with Crippen LogP contribution in [-0.4, -0.2) is 27.4 Å². The van der Waals surface area contributed by atoms with Gasteiger partial charge in [0.05, 0.1) is 6.10 Å². The number of phenolic OH excluding ortho intramolecular Hbond substituents is 2. The van der Waals surface area contributed by atoms with Crippen LogP contribution >= 0.6 is 0 Å². The molecule has 3 N–H and O–H groups in total. The number of fused-ring (bicyclic) bond motifs is 1. The van der Waals surface area contributed by atoms with E-state index >= 15 is 0 Å². The van der Waals surface area contributed by atoms with Crippen LogP contribution in [0.1, 0.15) is 11.1 Å². The van der Waals surface area contributed by atoms with E-state index in [1.807, 2.05) is 0 Å². The van der Waals surface area contributed by atoms with Crippen molar-refractivity contribution in [2.24, 2.45) is 0 Å². The van der Waals surface area contributed by atoms with Crippen LogP contribution in [0.25, 0.3) is 5.57 Å². The van der Waals surface area contributed by atoms with Gasteiger partial charge in [-0.15, -0.1) is 0 Å². The average Bonchev–Trinajstić information content (AvgIpc) is 2.47. The zero-order chi connectivity index (χ0) is 15.7. The molecule has 0 fully saturated rings. The number of benzene rings is 2. The Morgan fingerprint density at radius 2 is 1.68 bits per heavy atom. The summed E-state index contributed by atoms with van der Waals surface area (Å²) < 4.78 is 5.21. The number of rotatable bonds is 1. The first-order valence-corrected chi connectivity index (χ1v) is 6.76. The molecule has 1 aliphatic rings. The van der Waals surface area contributed by atoms with Crippen LogP contribution in [0.3, 0.4) is 0 Å². The molecule has 3 rings (SSSR count). The van der Waals surface area contributed by atoms with Crippen LogP contribution in [0.4, 0.5) is 0 Å². The Labute approximate surface area is 126 Å². The normalized spacial score (nSPS) is 17.8. The molecule has 0 spiro atoms. The Morgan fingerprint density at radius 3 is 2.41 bits per heavy atom. The first-order chi connectivity index (χ1) is 10.5. The number of aromatic hydroxyl groups is 2. The van der Waals surface area contributed by atoms with Crippen LogP contribution in [0, 0.1) is 0 Å². The van der Waals surface area contributed by atoms with Crippen molar-refractivity contribution in [2.75, 3.05) is 0 Å². The monoisotopic (exact) mass is 298 g/mol. The molecule has 5 heteroatoms. The molecule has 2 aromatic rings. The fourth-order valence-electron chi connectivity index (χ4n) is 2.42. The number of carbonyl (C=O) groups excluding carboxylic acids is 1. The lowest BCUT2D eigenvalue weighted by molar-refractivity contribution is -0.129. The fourth-order valence-corrected chi connectivity index (χ4v) is 2.42. The minimum atomic E-state index is -0.902. The molecule has 2 aromatic carbocycles. The van der Waals surface area contributed by atoms with Crippen molar-refractivity contribution in [3.05, 3.63) is 59.7 Å². The first kappa shape index (κ1) is 14.2. The summed E-state index contributed by atoms with van der Waals surface area (Å²) >= 11 is 0. The fraction of sp³-hybridized carbons (Fsp3) is 0.118. The molecule has 1 heterocycles. The van der Waals surface area contributed by atoms with Gasteiger partial charge in [-0.3, -0.25) is 0 Å². The Balaban J connectivity index is 2.01. The van der Waals surface area contributed by atoms with Gasteiger partial charge in [-0.2, -0.15) is 0 Å². The van der Waals surface area contributed by atoms with Gasteiger partial charge in [-0.25, -0.2) is 4.79 Å². The molecule has 0 aliphatic carbocycles. The molecular weight excluding hydrogens is 284 g/mol. The van der Waals surface area contributed by atoms with Crippen molar-refractivity contribution in [3.8, 4) is 17.2 Å². The number of hydrogen-bond donors (Lipinski definition) is 3. The van der Waals surface area contributed by atoms with E-state index in [4.69, 9.17) is 4.74 Å². The van der Waals surface area contributed by atoms with E-state index in [9.17, 15) is 20.1 Å². The van der Waals surface area contributed by atoms with Gasteiger partial charge in [0.2, 0.25) is 0 Å². The van der Waals surface area contributed by atoms with Gasteiger partial charge in [-0.1, -0.05) is 18.2 Å². The molecule has 0 radical (unpaired) electrons. The molecule has 0 saturated heterocycles. The van der Waals surface area contributed by atoms with Crippen LogP contribution in [-0.2, 0) is 11.2 Å². The number of esters is 1. The van der Waals surface area contributed by atoms with Crippen molar-refractivity contribution in [1.29, 1.82) is 0 Å². The highest BCUT2D eigenvalue weighted by Crippen LogP contribution is 2.31.